The number of carbonyl (C=O) groups is 1. The summed E-state index contributed by atoms with van der Waals surface area (Å²) in [5, 5.41) is 15.8. The molecule has 3 aromatic carbocycles. The zero-order valence-electron chi connectivity index (χ0n) is 17.3. The highest BCUT2D eigenvalue weighted by atomic mass is 32.2. The van der Waals surface area contributed by atoms with Gasteiger partial charge in [0.25, 0.3) is 5.91 Å². The number of rotatable bonds is 7. The monoisotopic (exact) mass is 441 g/mol. The van der Waals surface area contributed by atoms with E-state index in [1.54, 1.807) is 36.4 Å². The van der Waals surface area contributed by atoms with E-state index in [4.69, 9.17) is 4.74 Å². The molecule has 0 saturated carbocycles. The number of aromatic hydroxyl groups is 1. The van der Waals surface area contributed by atoms with Crippen LogP contribution in [0.2, 0.25) is 0 Å². The van der Waals surface area contributed by atoms with E-state index in [0.29, 0.717) is 17.0 Å². The van der Waals surface area contributed by atoms with Crippen LogP contribution in [0, 0.1) is 0 Å². The quantitative estimate of drug-likeness (QED) is 0.433. The lowest BCUT2D eigenvalue weighted by atomic mass is 10.0. The highest BCUT2D eigenvalue weighted by Gasteiger charge is 2.29. The van der Waals surface area contributed by atoms with Crippen LogP contribution in [-0.2, 0) is 14.8 Å². The van der Waals surface area contributed by atoms with E-state index in [9.17, 15) is 18.3 Å². The molecule has 1 unspecified atom stereocenters. The molecule has 162 valence electrons. The number of ether oxygens (including phenoxy) is 1. The number of phenols is 1. The number of anilines is 1. The number of nitrogens with one attached hydrogen (secondary N) is 1. The lowest BCUT2D eigenvalue weighted by molar-refractivity contribution is -0.121. The minimum atomic E-state index is -3.75. The summed E-state index contributed by atoms with van der Waals surface area (Å²) in [4.78, 5) is 12.6. The molecule has 0 aliphatic heterocycles. The third kappa shape index (κ3) is 4.95. The Morgan fingerprint density at radius 3 is 2.45 bits per heavy atom. The maximum atomic E-state index is 12.6. The Bertz CT molecular complexity index is 1220. The Hall–Kier alpha value is -3.59. The fourth-order valence-electron chi connectivity index (χ4n) is 3.21. The van der Waals surface area contributed by atoms with Gasteiger partial charge in [0.15, 0.2) is 0 Å². The summed E-state index contributed by atoms with van der Waals surface area (Å²) < 4.78 is 30.8. The molecule has 0 heterocycles. The van der Waals surface area contributed by atoms with Crippen molar-refractivity contribution < 1.29 is 23.1 Å². The minimum Gasteiger partial charge on any atom is -0.507 e. The summed E-state index contributed by atoms with van der Waals surface area (Å²) in [6, 6.07) is 16.0. The van der Waals surface area contributed by atoms with Gasteiger partial charge in [0, 0.05) is 5.56 Å². The van der Waals surface area contributed by atoms with Crippen LogP contribution < -0.4 is 14.5 Å². The molecule has 0 aromatic heterocycles. The van der Waals surface area contributed by atoms with Gasteiger partial charge in [-0.15, -0.1) is 0 Å². The fourth-order valence-corrected chi connectivity index (χ4v) is 4.39. The van der Waals surface area contributed by atoms with Crippen molar-refractivity contribution in [3.05, 3.63) is 66.2 Å². The van der Waals surface area contributed by atoms with Crippen molar-refractivity contribution in [2.75, 3.05) is 17.7 Å². The van der Waals surface area contributed by atoms with Crippen LogP contribution >= 0.6 is 0 Å². The number of methoxy groups -OCH3 is 1. The summed E-state index contributed by atoms with van der Waals surface area (Å²) >= 11 is 0. The number of carbonyl (C=O) groups excluding carboxylic acids is 1. The van der Waals surface area contributed by atoms with Crippen LogP contribution in [0.1, 0.15) is 12.5 Å². The van der Waals surface area contributed by atoms with Gasteiger partial charge in [0.05, 0.1) is 25.3 Å². The highest BCUT2D eigenvalue weighted by Crippen LogP contribution is 2.26. The van der Waals surface area contributed by atoms with Crippen LogP contribution in [0.25, 0.3) is 10.8 Å². The Balaban J connectivity index is 1.82. The number of sulfonamides is 1. The third-order valence-electron chi connectivity index (χ3n) is 4.73. The lowest BCUT2D eigenvalue weighted by Crippen LogP contribution is -2.46. The number of amides is 1. The van der Waals surface area contributed by atoms with E-state index >= 15 is 0 Å². The minimum absolute atomic E-state index is 0.0146. The molecule has 0 radical (unpaired) electrons. The largest absolute Gasteiger partial charge is 0.507 e. The summed E-state index contributed by atoms with van der Waals surface area (Å²) in [6.07, 6.45) is 2.36. The molecular formula is C22H23N3O5S. The first-order valence-electron chi connectivity index (χ1n) is 9.39. The van der Waals surface area contributed by atoms with E-state index in [1.165, 1.54) is 20.2 Å². The SMILES string of the molecule is COc1ccc(N(C(C)C(=O)N/N=C/c2c(O)ccc3ccccc23)S(C)(=O)=O)cc1. The van der Waals surface area contributed by atoms with Gasteiger partial charge in [-0.05, 0) is 48.0 Å². The number of nitrogens with zero attached hydrogens (tertiary/aromatic N) is 2. The Morgan fingerprint density at radius 1 is 1.13 bits per heavy atom. The predicted octanol–water partition coefficient (Wildman–Crippen LogP) is 2.86. The summed E-state index contributed by atoms with van der Waals surface area (Å²) in [5.74, 6) is -0.0493. The van der Waals surface area contributed by atoms with Crippen molar-refractivity contribution in [2.45, 2.75) is 13.0 Å². The molecule has 8 nitrogen and oxygen atoms in total. The van der Waals surface area contributed by atoms with Crippen molar-refractivity contribution >= 4 is 38.6 Å². The van der Waals surface area contributed by atoms with Crippen molar-refractivity contribution in [1.82, 2.24) is 5.43 Å². The van der Waals surface area contributed by atoms with Gasteiger partial charge in [-0.3, -0.25) is 9.10 Å². The zero-order valence-corrected chi connectivity index (χ0v) is 18.1. The topological polar surface area (TPSA) is 108 Å². The smallest absolute Gasteiger partial charge is 0.263 e. The second-order valence-electron chi connectivity index (χ2n) is 6.89. The average Bonchev–Trinajstić information content (AvgIpc) is 2.74. The standard InChI is InChI=1S/C22H23N3O5S/c1-15(25(31(3,28)29)17-9-11-18(30-2)12-10-17)22(27)24-23-14-20-19-7-5-4-6-16(19)8-13-21(20)26/h4-15,26H,1-3H3,(H,24,27)/b23-14+. The Kier molecular flexibility index (Phi) is 6.45. The van der Waals surface area contributed by atoms with Gasteiger partial charge >= 0.3 is 0 Å². The average molecular weight is 442 g/mol. The Labute approximate surface area is 180 Å². The number of hydrogen-bond acceptors (Lipinski definition) is 6. The van der Waals surface area contributed by atoms with Crippen molar-refractivity contribution in [1.29, 1.82) is 0 Å². The van der Waals surface area contributed by atoms with Crippen molar-refractivity contribution in [3.63, 3.8) is 0 Å². The first-order chi connectivity index (χ1) is 14.7. The van der Waals surface area contributed by atoms with Crippen LogP contribution in [0.5, 0.6) is 11.5 Å². The predicted molar refractivity (Wildman–Crippen MR) is 121 cm³/mol. The van der Waals surface area contributed by atoms with Crippen LogP contribution in [0.15, 0.2) is 65.8 Å². The normalized spacial score (nSPS) is 12.6. The van der Waals surface area contributed by atoms with Gasteiger partial charge in [-0.1, -0.05) is 30.3 Å². The summed E-state index contributed by atoms with van der Waals surface area (Å²) in [5.41, 5.74) is 3.12. The second-order valence-corrected chi connectivity index (χ2v) is 8.75. The molecule has 3 aromatic rings. The molecule has 1 atom stereocenters. The van der Waals surface area contributed by atoms with Gasteiger partial charge in [0.2, 0.25) is 10.0 Å². The maximum absolute atomic E-state index is 12.6. The van der Waals surface area contributed by atoms with Crippen molar-refractivity contribution in [3.8, 4) is 11.5 Å². The molecule has 9 heteroatoms. The summed E-state index contributed by atoms with van der Waals surface area (Å²) in [6.45, 7) is 1.46. The van der Waals surface area contributed by atoms with Crippen LogP contribution in [0.4, 0.5) is 5.69 Å². The first-order valence-corrected chi connectivity index (χ1v) is 11.2. The van der Waals surface area contributed by atoms with Gasteiger partial charge < -0.3 is 9.84 Å². The van der Waals surface area contributed by atoms with Crippen LogP contribution in [-0.4, -0.2) is 45.1 Å². The fraction of sp³-hybridized carbons (Fsp3) is 0.182. The number of hydrogen-bond donors (Lipinski definition) is 2. The van der Waals surface area contributed by atoms with E-state index in [0.717, 1.165) is 21.3 Å². The maximum Gasteiger partial charge on any atom is 0.263 e. The molecule has 0 aliphatic carbocycles. The van der Waals surface area contributed by atoms with E-state index in [1.807, 2.05) is 24.3 Å². The van der Waals surface area contributed by atoms with E-state index in [2.05, 4.69) is 10.5 Å². The highest BCUT2D eigenvalue weighted by molar-refractivity contribution is 7.92. The van der Waals surface area contributed by atoms with Gasteiger partial charge in [0.1, 0.15) is 17.5 Å². The number of phenolic OH excluding ortho intramolecular Hbond substituents is 1. The summed E-state index contributed by atoms with van der Waals surface area (Å²) in [7, 11) is -2.25. The Morgan fingerprint density at radius 2 is 1.81 bits per heavy atom. The zero-order chi connectivity index (χ0) is 22.6. The molecule has 0 saturated heterocycles. The molecule has 2 N–H and O–H groups in total. The number of benzene rings is 3. The second kappa shape index (κ2) is 9.05. The van der Waals surface area contributed by atoms with E-state index in [-0.39, 0.29) is 5.75 Å². The molecule has 0 fully saturated rings. The number of fused-ring (bicyclic) bond motifs is 1. The molecule has 3 rings (SSSR count). The number of hydrazone groups is 1. The molecule has 0 aliphatic rings. The van der Waals surface area contributed by atoms with Crippen molar-refractivity contribution in [2.24, 2.45) is 5.10 Å². The lowest BCUT2D eigenvalue weighted by Gasteiger charge is -2.27. The third-order valence-corrected chi connectivity index (χ3v) is 5.97. The molecule has 1 amide bonds. The van der Waals surface area contributed by atoms with Crippen LogP contribution in [0.3, 0.4) is 0 Å². The first kappa shape index (κ1) is 22.1. The van der Waals surface area contributed by atoms with Gasteiger partial charge in [-0.25, -0.2) is 13.8 Å². The molecule has 0 spiro atoms. The molecule has 0 bridgehead atoms. The molecule has 31 heavy (non-hydrogen) atoms. The van der Waals surface area contributed by atoms with Gasteiger partial charge in [-0.2, -0.15) is 5.10 Å². The molecular weight excluding hydrogens is 418 g/mol. The van der Waals surface area contributed by atoms with E-state index < -0.39 is 22.0 Å².